The van der Waals surface area contributed by atoms with Gasteiger partial charge in [0, 0.05) is 30.7 Å². The molecule has 1 aromatic rings. The van der Waals surface area contributed by atoms with Crippen LogP contribution in [0, 0.1) is 6.92 Å². The Morgan fingerprint density at radius 3 is 2.88 bits per heavy atom. The van der Waals surface area contributed by atoms with E-state index in [1.807, 2.05) is 0 Å². The summed E-state index contributed by atoms with van der Waals surface area (Å²) in [5.74, 6) is 0.969. The highest BCUT2D eigenvalue weighted by Crippen LogP contribution is 2.21. The van der Waals surface area contributed by atoms with Gasteiger partial charge in [-0.3, -0.25) is 0 Å². The predicted molar refractivity (Wildman–Crippen MR) is 104 cm³/mol. The maximum absolute atomic E-state index is 5.96. The average molecular weight is 410 g/mol. The molecule has 0 spiro atoms. The van der Waals surface area contributed by atoms with Crippen LogP contribution in [0.3, 0.4) is 0 Å². The summed E-state index contributed by atoms with van der Waals surface area (Å²) >= 11 is 3.52. The summed E-state index contributed by atoms with van der Waals surface area (Å²) in [6.45, 7) is 9.09. The zero-order chi connectivity index (χ0) is 17.6. The van der Waals surface area contributed by atoms with Gasteiger partial charge in [0.15, 0.2) is 5.96 Å². The van der Waals surface area contributed by atoms with E-state index in [9.17, 15) is 0 Å². The van der Waals surface area contributed by atoms with Crippen molar-refractivity contribution in [3.8, 4) is 0 Å². The largest absolute Gasteiger partial charge is 0.375 e. The van der Waals surface area contributed by atoms with Crippen molar-refractivity contribution in [2.75, 3.05) is 32.8 Å². The van der Waals surface area contributed by atoms with Crippen molar-refractivity contribution in [2.24, 2.45) is 4.99 Å². The molecule has 1 aromatic carbocycles. The van der Waals surface area contributed by atoms with Crippen molar-refractivity contribution in [2.45, 2.75) is 45.4 Å². The zero-order valence-electron chi connectivity index (χ0n) is 15.1. The minimum atomic E-state index is 0.148. The van der Waals surface area contributed by atoms with Crippen LogP contribution in [0.25, 0.3) is 0 Å². The van der Waals surface area contributed by atoms with Gasteiger partial charge in [0.2, 0.25) is 0 Å². The molecule has 0 bridgehead atoms. The molecule has 2 atom stereocenters. The third kappa shape index (κ3) is 4.96. The maximum atomic E-state index is 5.96. The second-order valence-corrected chi connectivity index (χ2v) is 7.56. The minimum Gasteiger partial charge on any atom is -0.375 e. The molecule has 25 heavy (non-hydrogen) atoms. The average Bonchev–Trinajstić information content (AvgIpc) is 3.15. The highest BCUT2D eigenvalue weighted by Gasteiger charge is 2.32. The SMILES string of the molecule is CCNC(=NCc1ccc(Br)cc1C)N1CCOC(C2CCCO2)C1. The molecular formula is C19H28BrN3O2. The molecule has 3 rings (SSSR count). The number of guanidine groups is 1. The molecule has 0 saturated carbocycles. The summed E-state index contributed by atoms with van der Waals surface area (Å²) in [7, 11) is 0. The molecule has 1 N–H and O–H groups in total. The van der Waals surface area contributed by atoms with Gasteiger partial charge in [-0.2, -0.15) is 0 Å². The van der Waals surface area contributed by atoms with Crippen LogP contribution >= 0.6 is 15.9 Å². The van der Waals surface area contributed by atoms with Gasteiger partial charge in [0.25, 0.3) is 0 Å². The van der Waals surface area contributed by atoms with Crippen molar-refractivity contribution in [1.29, 1.82) is 0 Å². The number of aryl methyl sites for hydroxylation is 1. The number of nitrogens with one attached hydrogen (secondary N) is 1. The quantitative estimate of drug-likeness (QED) is 0.612. The van der Waals surface area contributed by atoms with Crippen molar-refractivity contribution in [1.82, 2.24) is 10.2 Å². The number of nitrogens with zero attached hydrogens (tertiary/aromatic N) is 2. The molecule has 2 unspecified atom stereocenters. The standard InChI is InChI=1S/C19H28BrN3O2/c1-3-21-19(22-12-15-6-7-16(20)11-14(15)2)23-8-10-25-18(13-23)17-5-4-9-24-17/h6-7,11,17-18H,3-5,8-10,12-13H2,1-2H3,(H,21,22). The number of rotatable bonds is 4. The lowest BCUT2D eigenvalue weighted by atomic mass is 10.1. The molecule has 0 aromatic heterocycles. The van der Waals surface area contributed by atoms with E-state index in [0.29, 0.717) is 6.54 Å². The lowest BCUT2D eigenvalue weighted by Crippen LogP contribution is -2.53. The number of halogens is 1. The number of benzene rings is 1. The van der Waals surface area contributed by atoms with Gasteiger partial charge in [-0.25, -0.2) is 4.99 Å². The molecule has 2 fully saturated rings. The van der Waals surface area contributed by atoms with E-state index < -0.39 is 0 Å². The van der Waals surface area contributed by atoms with E-state index in [1.54, 1.807) is 0 Å². The highest BCUT2D eigenvalue weighted by atomic mass is 79.9. The molecular weight excluding hydrogens is 382 g/mol. The number of hydrogen-bond acceptors (Lipinski definition) is 3. The van der Waals surface area contributed by atoms with Crippen LogP contribution in [0.5, 0.6) is 0 Å². The van der Waals surface area contributed by atoms with E-state index in [-0.39, 0.29) is 12.2 Å². The first kappa shape index (κ1) is 18.7. The molecule has 0 amide bonds. The summed E-state index contributed by atoms with van der Waals surface area (Å²) in [4.78, 5) is 7.19. The van der Waals surface area contributed by atoms with Crippen LogP contribution in [0.15, 0.2) is 27.7 Å². The van der Waals surface area contributed by atoms with Gasteiger partial charge < -0.3 is 19.7 Å². The molecule has 2 aliphatic rings. The number of ether oxygens (including phenoxy) is 2. The fourth-order valence-corrected chi connectivity index (χ4v) is 3.89. The lowest BCUT2D eigenvalue weighted by Gasteiger charge is -2.37. The summed E-state index contributed by atoms with van der Waals surface area (Å²) in [6, 6.07) is 6.36. The monoisotopic (exact) mass is 409 g/mol. The van der Waals surface area contributed by atoms with Crippen molar-refractivity contribution >= 4 is 21.9 Å². The second kappa shape index (κ2) is 9.01. The predicted octanol–water partition coefficient (Wildman–Crippen LogP) is 3.10. The highest BCUT2D eigenvalue weighted by molar-refractivity contribution is 9.10. The Labute approximate surface area is 158 Å². The minimum absolute atomic E-state index is 0.148. The molecule has 2 heterocycles. The molecule has 2 saturated heterocycles. The van der Waals surface area contributed by atoms with E-state index in [2.05, 4.69) is 58.2 Å². The summed E-state index contributed by atoms with van der Waals surface area (Å²) in [5.41, 5.74) is 2.51. The van der Waals surface area contributed by atoms with E-state index >= 15 is 0 Å². The van der Waals surface area contributed by atoms with Crippen LogP contribution < -0.4 is 5.32 Å². The van der Waals surface area contributed by atoms with Crippen LogP contribution in [-0.4, -0.2) is 55.9 Å². The Morgan fingerprint density at radius 1 is 1.32 bits per heavy atom. The van der Waals surface area contributed by atoms with Crippen LogP contribution in [-0.2, 0) is 16.0 Å². The van der Waals surface area contributed by atoms with E-state index in [1.165, 1.54) is 11.1 Å². The van der Waals surface area contributed by atoms with Gasteiger partial charge in [0.05, 0.1) is 19.3 Å². The van der Waals surface area contributed by atoms with Gasteiger partial charge >= 0.3 is 0 Å². The lowest BCUT2D eigenvalue weighted by molar-refractivity contribution is -0.0817. The third-order valence-electron chi connectivity index (χ3n) is 4.81. The van der Waals surface area contributed by atoms with Gasteiger partial charge in [-0.05, 0) is 49.9 Å². The molecule has 6 heteroatoms. The van der Waals surface area contributed by atoms with Crippen LogP contribution in [0.4, 0.5) is 0 Å². The molecule has 5 nitrogen and oxygen atoms in total. The van der Waals surface area contributed by atoms with E-state index in [4.69, 9.17) is 14.5 Å². The van der Waals surface area contributed by atoms with Crippen molar-refractivity contribution in [3.05, 3.63) is 33.8 Å². The fourth-order valence-electron chi connectivity index (χ4n) is 3.41. The van der Waals surface area contributed by atoms with Crippen LogP contribution in [0.1, 0.15) is 30.9 Å². The number of morpholine rings is 1. The Balaban J connectivity index is 1.68. The first-order chi connectivity index (χ1) is 12.2. The Hall–Kier alpha value is -1.11. The molecule has 0 radical (unpaired) electrons. The first-order valence-corrected chi connectivity index (χ1v) is 9.98. The molecule has 138 valence electrons. The molecule has 2 aliphatic heterocycles. The smallest absolute Gasteiger partial charge is 0.194 e. The summed E-state index contributed by atoms with van der Waals surface area (Å²) in [5, 5.41) is 3.43. The zero-order valence-corrected chi connectivity index (χ0v) is 16.7. The maximum Gasteiger partial charge on any atom is 0.194 e. The first-order valence-electron chi connectivity index (χ1n) is 9.19. The Morgan fingerprint density at radius 2 is 2.16 bits per heavy atom. The van der Waals surface area contributed by atoms with E-state index in [0.717, 1.165) is 56.1 Å². The third-order valence-corrected chi connectivity index (χ3v) is 5.30. The van der Waals surface area contributed by atoms with Gasteiger partial charge in [-0.15, -0.1) is 0 Å². The number of aliphatic imine (C=N–C) groups is 1. The van der Waals surface area contributed by atoms with Gasteiger partial charge in [-0.1, -0.05) is 22.0 Å². The summed E-state index contributed by atoms with van der Waals surface area (Å²) in [6.07, 6.45) is 2.63. The van der Waals surface area contributed by atoms with Gasteiger partial charge in [0.1, 0.15) is 6.10 Å². The normalized spacial score (nSPS) is 24.6. The topological polar surface area (TPSA) is 46.1 Å². The Kier molecular flexibility index (Phi) is 6.73. The van der Waals surface area contributed by atoms with Crippen LogP contribution in [0.2, 0.25) is 0 Å². The second-order valence-electron chi connectivity index (χ2n) is 6.65. The fraction of sp³-hybridized carbons (Fsp3) is 0.632. The summed E-state index contributed by atoms with van der Waals surface area (Å²) < 4.78 is 12.9. The Bertz CT molecular complexity index is 602. The number of hydrogen-bond donors (Lipinski definition) is 1. The van der Waals surface area contributed by atoms with Crippen molar-refractivity contribution < 1.29 is 9.47 Å². The molecule has 0 aliphatic carbocycles. The van der Waals surface area contributed by atoms with Crippen molar-refractivity contribution in [3.63, 3.8) is 0 Å².